The van der Waals surface area contributed by atoms with E-state index in [1.54, 1.807) is 6.20 Å². The molecule has 0 bridgehead atoms. The van der Waals surface area contributed by atoms with Crippen LogP contribution < -0.4 is 22.1 Å². The molecule has 3 rings (SSSR count). The smallest absolute Gasteiger partial charge is 0.337 e. The van der Waals surface area contributed by atoms with Crippen molar-refractivity contribution in [3.8, 4) is 0 Å². The van der Waals surface area contributed by atoms with Crippen molar-refractivity contribution >= 4 is 35.0 Å². The number of aromatic carboxylic acids is 2. The third-order valence-corrected chi connectivity index (χ3v) is 5.74. The summed E-state index contributed by atoms with van der Waals surface area (Å²) in [6.45, 7) is 0. The van der Waals surface area contributed by atoms with Gasteiger partial charge in [-0.1, -0.05) is 0 Å². The molecular formula is C26H26F2N6O5. The molecule has 3 aromatic rings. The van der Waals surface area contributed by atoms with Gasteiger partial charge in [-0.05, 0) is 66.8 Å². The van der Waals surface area contributed by atoms with E-state index in [4.69, 9.17) is 11.5 Å². The maximum Gasteiger partial charge on any atom is 0.337 e. The number of nitrogens with zero attached hydrogens (tertiary/aromatic N) is 2. The number of hydrogen-bond acceptors (Lipinski definition) is 7. The number of carboxylic acid groups (broad SMARTS) is 2. The Kier molecular flexibility index (Phi) is 8.99. The van der Waals surface area contributed by atoms with Gasteiger partial charge in [-0.15, -0.1) is 0 Å². The van der Waals surface area contributed by atoms with Gasteiger partial charge in [0.15, 0.2) is 0 Å². The number of benzene rings is 2. The molecule has 0 saturated carbocycles. The second kappa shape index (κ2) is 12.4. The normalized spacial score (nSPS) is 11.8. The molecule has 13 heteroatoms. The van der Waals surface area contributed by atoms with Crippen molar-refractivity contribution in [2.24, 2.45) is 11.5 Å². The number of carboxylic acids is 2. The van der Waals surface area contributed by atoms with E-state index in [-0.39, 0.29) is 58.8 Å². The minimum atomic E-state index is -1.47. The average molecular weight is 541 g/mol. The fourth-order valence-corrected chi connectivity index (χ4v) is 3.70. The summed E-state index contributed by atoms with van der Waals surface area (Å²) in [4.78, 5) is 39.4. The fourth-order valence-electron chi connectivity index (χ4n) is 3.70. The van der Waals surface area contributed by atoms with Crippen molar-refractivity contribution in [2.75, 3.05) is 17.7 Å². The zero-order valence-corrected chi connectivity index (χ0v) is 20.7. The average Bonchev–Trinajstić information content (AvgIpc) is 3.44. The van der Waals surface area contributed by atoms with Crippen LogP contribution in [-0.2, 0) is 17.6 Å². The zero-order chi connectivity index (χ0) is 28.7. The second-order valence-corrected chi connectivity index (χ2v) is 8.33. The lowest BCUT2D eigenvalue weighted by Crippen LogP contribution is -2.22. The first-order valence-electron chi connectivity index (χ1n) is 11.5. The van der Waals surface area contributed by atoms with E-state index in [0.29, 0.717) is 0 Å². The monoisotopic (exact) mass is 540 g/mol. The standard InChI is InChI=1S/C26H26F2N6O5/c1-31-21-9-14(18(27)11-16(21)25(36)37)3-2-4-15-10-22(17(26(38)39)12-19(15)28)33-24(35)20(29)5-6-23(30)34-8-7-32-13-34/h5-13,31H,2-4,29-30H2,1H3,(H,33,35)(H,36,37)(H,38,39)/b20-5-,23-6+. The number of halogens is 2. The summed E-state index contributed by atoms with van der Waals surface area (Å²) >= 11 is 0. The van der Waals surface area contributed by atoms with Crippen molar-refractivity contribution in [3.05, 3.63) is 94.7 Å². The largest absolute Gasteiger partial charge is 0.478 e. The minimum absolute atomic E-state index is 0.0686. The van der Waals surface area contributed by atoms with Crippen LogP contribution in [0.25, 0.3) is 5.82 Å². The molecule has 0 saturated heterocycles. The molecule has 2 aromatic carbocycles. The third kappa shape index (κ3) is 6.97. The molecule has 11 nitrogen and oxygen atoms in total. The quantitative estimate of drug-likeness (QED) is 0.157. The van der Waals surface area contributed by atoms with Gasteiger partial charge in [0.2, 0.25) is 0 Å². The zero-order valence-electron chi connectivity index (χ0n) is 20.7. The van der Waals surface area contributed by atoms with Gasteiger partial charge in [0.05, 0.1) is 22.5 Å². The van der Waals surface area contributed by atoms with Gasteiger partial charge in [0, 0.05) is 25.1 Å². The highest BCUT2D eigenvalue weighted by Crippen LogP contribution is 2.25. The van der Waals surface area contributed by atoms with Crippen LogP contribution >= 0.6 is 0 Å². The molecule has 204 valence electrons. The third-order valence-electron chi connectivity index (χ3n) is 5.74. The highest BCUT2D eigenvalue weighted by Gasteiger charge is 2.19. The summed E-state index contributed by atoms with van der Waals surface area (Å²) in [5, 5.41) is 23.8. The van der Waals surface area contributed by atoms with Gasteiger partial charge >= 0.3 is 11.9 Å². The van der Waals surface area contributed by atoms with E-state index in [0.717, 1.165) is 12.1 Å². The van der Waals surface area contributed by atoms with Gasteiger partial charge in [-0.25, -0.2) is 23.4 Å². The Hall–Kier alpha value is -5.20. The molecule has 0 atom stereocenters. The van der Waals surface area contributed by atoms with Gasteiger partial charge in [0.1, 0.15) is 23.8 Å². The van der Waals surface area contributed by atoms with Crippen LogP contribution in [0.1, 0.15) is 38.3 Å². The van der Waals surface area contributed by atoms with E-state index in [2.05, 4.69) is 15.6 Å². The number of allylic oxidation sites excluding steroid dienone is 2. The first-order chi connectivity index (χ1) is 18.5. The van der Waals surface area contributed by atoms with Crippen molar-refractivity contribution in [2.45, 2.75) is 19.3 Å². The Bertz CT molecular complexity index is 1470. The number of hydrogen-bond donors (Lipinski definition) is 6. The number of nitrogens with two attached hydrogens (primary N) is 2. The highest BCUT2D eigenvalue weighted by atomic mass is 19.1. The summed E-state index contributed by atoms with van der Waals surface area (Å²) in [5.41, 5.74) is 11.0. The Morgan fingerprint density at radius 2 is 1.51 bits per heavy atom. The molecule has 1 aromatic heterocycles. The molecule has 8 N–H and O–H groups in total. The van der Waals surface area contributed by atoms with Crippen LogP contribution in [0.15, 0.2) is 60.8 Å². The molecule has 0 unspecified atom stereocenters. The Morgan fingerprint density at radius 3 is 2.03 bits per heavy atom. The lowest BCUT2D eigenvalue weighted by molar-refractivity contribution is -0.112. The summed E-state index contributed by atoms with van der Waals surface area (Å²) < 4.78 is 30.6. The Labute approximate surface area is 221 Å². The van der Waals surface area contributed by atoms with Gasteiger partial charge in [-0.2, -0.15) is 0 Å². The van der Waals surface area contributed by atoms with Gasteiger partial charge in [0.25, 0.3) is 5.91 Å². The number of aromatic nitrogens is 2. The number of carbonyl (C=O) groups is 3. The summed E-state index contributed by atoms with van der Waals surface area (Å²) in [5.74, 6) is -4.91. The maximum absolute atomic E-state index is 14.7. The van der Waals surface area contributed by atoms with Crippen molar-refractivity contribution in [1.82, 2.24) is 9.55 Å². The first-order valence-corrected chi connectivity index (χ1v) is 11.5. The molecule has 0 aliphatic rings. The molecule has 39 heavy (non-hydrogen) atoms. The Balaban J connectivity index is 1.77. The van der Waals surface area contributed by atoms with E-state index in [1.165, 1.54) is 48.4 Å². The maximum atomic E-state index is 14.7. The second-order valence-electron chi connectivity index (χ2n) is 8.33. The first kappa shape index (κ1) is 28.4. The molecular weight excluding hydrogens is 514 g/mol. The van der Waals surface area contributed by atoms with E-state index in [9.17, 15) is 33.4 Å². The van der Waals surface area contributed by atoms with Crippen molar-refractivity contribution < 1.29 is 33.4 Å². The van der Waals surface area contributed by atoms with Crippen molar-refractivity contribution in [3.63, 3.8) is 0 Å². The van der Waals surface area contributed by atoms with Gasteiger partial charge < -0.3 is 32.3 Å². The number of amides is 1. The number of imidazole rings is 1. The lowest BCUT2D eigenvalue weighted by atomic mass is 9.99. The molecule has 0 spiro atoms. The molecule has 1 heterocycles. The van der Waals surface area contributed by atoms with Crippen LogP contribution in [0.2, 0.25) is 0 Å². The molecule has 0 fully saturated rings. The number of nitrogens with one attached hydrogen (secondary N) is 2. The van der Waals surface area contributed by atoms with E-state index < -0.39 is 35.0 Å². The summed E-state index contributed by atoms with van der Waals surface area (Å²) in [7, 11) is 1.51. The number of rotatable bonds is 11. The van der Waals surface area contributed by atoms with Crippen LogP contribution in [0.5, 0.6) is 0 Å². The SMILES string of the molecule is CNc1cc(CCCc2cc(NC(=O)/C(N)=C/C=C(\N)n3ccnc3)c(C(=O)O)cc2F)c(F)cc1C(=O)O. The molecule has 0 radical (unpaired) electrons. The van der Waals surface area contributed by atoms with E-state index in [1.807, 2.05) is 0 Å². The van der Waals surface area contributed by atoms with Crippen LogP contribution in [0, 0.1) is 11.6 Å². The van der Waals surface area contributed by atoms with Crippen LogP contribution in [0.3, 0.4) is 0 Å². The predicted molar refractivity (Wildman–Crippen MR) is 140 cm³/mol. The minimum Gasteiger partial charge on any atom is -0.478 e. The molecule has 0 aliphatic carbocycles. The van der Waals surface area contributed by atoms with E-state index >= 15 is 0 Å². The van der Waals surface area contributed by atoms with Gasteiger partial charge in [-0.3, -0.25) is 9.36 Å². The summed E-state index contributed by atoms with van der Waals surface area (Å²) in [6, 6.07) is 4.25. The Morgan fingerprint density at radius 1 is 0.949 bits per heavy atom. The lowest BCUT2D eigenvalue weighted by Gasteiger charge is -2.13. The highest BCUT2D eigenvalue weighted by molar-refractivity contribution is 6.07. The molecule has 1 amide bonds. The van der Waals surface area contributed by atoms with Crippen molar-refractivity contribution in [1.29, 1.82) is 0 Å². The number of carbonyl (C=O) groups excluding carboxylic acids is 1. The predicted octanol–water partition coefficient (Wildman–Crippen LogP) is 3.01. The molecule has 0 aliphatic heterocycles. The topological polar surface area (TPSA) is 186 Å². The number of aryl methyl sites for hydroxylation is 2. The number of anilines is 2. The summed E-state index contributed by atoms with van der Waals surface area (Å²) in [6.07, 6.45) is 7.55. The van der Waals surface area contributed by atoms with Crippen LogP contribution in [0.4, 0.5) is 20.2 Å². The fraction of sp³-hybridized carbons (Fsp3) is 0.154. The van der Waals surface area contributed by atoms with Crippen LogP contribution in [-0.4, -0.2) is 44.7 Å².